The van der Waals surface area contributed by atoms with Crippen LogP contribution in [0, 0.1) is 23.4 Å². The molecule has 92 valence electrons. The van der Waals surface area contributed by atoms with Crippen LogP contribution in [0.2, 0.25) is 0 Å². The van der Waals surface area contributed by atoms with Crippen LogP contribution in [0.5, 0.6) is 0 Å². The molecule has 0 unspecified atom stereocenters. The van der Waals surface area contributed by atoms with Crippen LogP contribution in [0.25, 0.3) is 0 Å². The summed E-state index contributed by atoms with van der Waals surface area (Å²) in [6, 6.07) is 0.767. The second-order valence-electron chi connectivity index (χ2n) is 4.02. The molecule has 0 saturated heterocycles. The van der Waals surface area contributed by atoms with Gasteiger partial charge in [0.2, 0.25) is 0 Å². The smallest absolute Gasteiger partial charge is 0.161 e. The number of hydrogen-bond acceptors (Lipinski definition) is 1. The zero-order valence-electron chi connectivity index (χ0n) is 9.14. The van der Waals surface area contributed by atoms with Gasteiger partial charge in [0.15, 0.2) is 11.6 Å². The molecule has 0 aromatic heterocycles. The molecule has 0 aliphatic heterocycles. The Hall–Kier alpha value is -0.740. The van der Waals surface area contributed by atoms with Crippen molar-refractivity contribution in [3.63, 3.8) is 0 Å². The van der Waals surface area contributed by atoms with E-state index in [4.69, 9.17) is 5.73 Å². The van der Waals surface area contributed by atoms with Crippen molar-refractivity contribution in [2.45, 2.75) is 26.3 Å². The van der Waals surface area contributed by atoms with Crippen LogP contribution in [0.15, 0.2) is 12.1 Å². The van der Waals surface area contributed by atoms with E-state index in [0.717, 1.165) is 6.07 Å². The predicted octanol–water partition coefficient (Wildman–Crippen LogP) is 3.57. The van der Waals surface area contributed by atoms with E-state index >= 15 is 0 Å². The van der Waals surface area contributed by atoms with Gasteiger partial charge >= 0.3 is 0 Å². The van der Waals surface area contributed by atoms with E-state index in [1.807, 2.05) is 13.8 Å². The lowest BCUT2D eigenvalue weighted by atomic mass is 9.97. The third-order valence-electron chi connectivity index (χ3n) is 2.16. The van der Waals surface area contributed by atoms with Crippen LogP contribution < -0.4 is 5.73 Å². The Morgan fingerprint density at radius 2 is 1.56 bits per heavy atom. The van der Waals surface area contributed by atoms with Crippen LogP contribution in [0.1, 0.15) is 31.9 Å². The first-order valence-corrected chi connectivity index (χ1v) is 4.81. The highest BCUT2D eigenvalue weighted by Gasteiger charge is 2.16. The van der Waals surface area contributed by atoms with Crippen molar-refractivity contribution < 1.29 is 13.2 Å². The molecule has 1 atom stereocenters. The molecule has 5 heteroatoms. The van der Waals surface area contributed by atoms with Crippen LogP contribution in [-0.4, -0.2) is 0 Å². The van der Waals surface area contributed by atoms with Crippen molar-refractivity contribution in [1.82, 2.24) is 0 Å². The minimum Gasteiger partial charge on any atom is -0.324 e. The van der Waals surface area contributed by atoms with Gasteiger partial charge in [0.25, 0.3) is 0 Å². The first-order chi connectivity index (χ1) is 6.91. The summed E-state index contributed by atoms with van der Waals surface area (Å²) in [6.07, 6.45) is 0.530. The highest BCUT2D eigenvalue weighted by Crippen LogP contribution is 2.23. The normalized spacial score (nSPS) is 12.4. The standard InChI is InChI=1S/C11H14F3N.ClH/c1-6(2)3-11(15)7-4-9(13)10(14)5-8(7)12;/h4-6,11H,3,15H2,1-2H3;1H/t11-;/m1./s1. The Labute approximate surface area is 99.2 Å². The molecule has 0 heterocycles. The Morgan fingerprint density at radius 1 is 1.06 bits per heavy atom. The molecule has 0 fully saturated rings. The van der Waals surface area contributed by atoms with Crippen LogP contribution in [-0.2, 0) is 0 Å². The molecule has 0 amide bonds. The molecular formula is C11H15ClF3N. The van der Waals surface area contributed by atoms with Crippen LogP contribution in [0.4, 0.5) is 13.2 Å². The second-order valence-corrected chi connectivity index (χ2v) is 4.02. The summed E-state index contributed by atoms with van der Waals surface area (Å²) in [6.45, 7) is 3.86. The predicted molar refractivity (Wildman–Crippen MR) is 59.9 cm³/mol. The third kappa shape index (κ3) is 3.68. The third-order valence-corrected chi connectivity index (χ3v) is 2.16. The van der Waals surface area contributed by atoms with E-state index in [9.17, 15) is 13.2 Å². The summed E-state index contributed by atoms with van der Waals surface area (Å²) >= 11 is 0. The van der Waals surface area contributed by atoms with Gasteiger partial charge in [-0.1, -0.05) is 13.8 Å². The molecule has 1 nitrogen and oxygen atoms in total. The molecule has 1 rings (SSSR count). The second kappa shape index (κ2) is 6.11. The lowest BCUT2D eigenvalue weighted by Crippen LogP contribution is -2.15. The molecule has 0 radical (unpaired) electrons. The van der Waals surface area contributed by atoms with Crippen molar-refractivity contribution in [2.24, 2.45) is 11.7 Å². The van der Waals surface area contributed by atoms with Gasteiger partial charge in [0.05, 0.1) is 0 Å². The maximum atomic E-state index is 13.2. The minimum absolute atomic E-state index is 0. The van der Waals surface area contributed by atoms with E-state index < -0.39 is 23.5 Å². The maximum Gasteiger partial charge on any atom is 0.161 e. The maximum absolute atomic E-state index is 13.2. The number of benzene rings is 1. The fraction of sp³-hybridized carbons (Fsp3) is 0.455. The van der Waals surface area contributed by atoms with Gasteiger partial charge in [0, 0.05) is 17.7 Å². The first-order valence-electron chi connectivity index (χ1n) is 4.81. The first kappa shape index (κ1) is 15.3. The molecular weight excluding hydrogens is 239 g/mol. The van der Waals surface area contributed by atoms with Crippen LogP contribution in [0.3, 0.4) is 0 Å². The number of nitrogens with two attached hydrogens (primary N) is 1. The monoisotopic (exact) mass is 253 g/mol. The van der Waals surface area contributed by atoms with Gasteiger partial charge < -0.3 is 5.73 Å². The van der Waals surface area contributed by atoms with Gasteiger partial charge in [-0.3, -0.25) is 0 Å². The Bertz CT molecular complexity index is 355. The van der Waals surface area contributed by atoms with E-state index in [1.54, 1.807) is 0 Å². The van der Waals surface area contributed by atoms with Crippen molar-refractivity contribution in [2.75, 3.05) is 0 Å². The Morgan fingerprint density at radius 3 is 2.06 bits per heavy atom. The summed E-state index contributed by atoms with van der Waals surface area (Å²) in [7, 11) is 0. The molecule has 0 spiro atoms. The fourth-order valence-electron chi connectivity index (χ4n) is 1.46. The summed E-state index contributed by atoms with van der Waals surface area (Å²) in [5.41, 5.74) is 5.72. The highest BCUT2D eigenvalue weighted by molar-refractivity contribution is 5.85. The lowest BCUT2D eigenvalue weighted by Gasteiger charge is -2.15. The van der Waals surface area contributed by atoms with Crippen LogP contribution >= 0.6 is 12.4 Å². The quantitative estimate of drug-likeness (QED) is 0.819. The van der Waals surface area contributed by atoms with Gasteiger partial charge in [-0.15, -0.1) is 12.4 Å². The zero-order valence-corrected chi connectivity index (χ0v) is 9.95. The topological polar surface area (TPSA) is 26.0 Å². The van der Waals surface area contributed by atoms with Crippen molar-refractivity contribution in [1.29, 1.82) is 0 Å². The molecule has 1 aromatic rings. The largest absolute Gasteiger partial charge is 0.324 e. The van der Waals surface area contributed by atoms with E-state index in [2.05, 4.69) is 0 Å². The van der Waals surface area contributed by atoms with Gasteiger partial charge in [-0.2, -0.15) is 0 Å². The molecule has 0 bridgehead atoms. The summed E-state index contributed by atoms with van der Waals surface area (Å²) in [5, 5.41) is 0. The highest BCUT2D eigenvalue weighted by atomic mass is 35.5. The lowest BCUT2D eigenvalue weighted by molar-refractivity contribution is 0.462. The number of rotatable bonds is 3. The molecule has 1 aromatic carbocycles. The molecule has 2 N–H and O–H groups in total. The summed E-state index contributed by atoms with van der Waals surface area (Å²) in [5.74, 6) is -2.77. The summed E-state index contributed by atoms with van der Waals surface area (Å²) < 4.78 is 38.7. The van der Waals surface area contributed by atoms with E-state index in [-0.39, 0.29) is 23.9 Å². The Balaban J connectivity index is 0.00000225. The van der Waals surface area contributed by atoms with Crippen molar-refractivity contribution >= 4 is 12.4 Å². The SMILES string of the molecule is CC(C)C[C@@H](N)c1cc(F)c(F)cc1F.Cl. The molecule has 0 aliphatic carbocycles. The van der Waals surface area contributed by atoms with E-state index in [1.165, 1.54) is 0 Å². The zero-order chi connectivity index (χ0) is 11.6. The number of halogens is 4. The summed E-state index contributed by atoms with van der Waals surface area (Å²) in [4.78, 5) is 0. The molecule has 0 saturated carbocycles. The average Bonchev–Trinajstić information content (AvgIpc) is 2.09. The molecule has 16 heavy (non-hydrogen) atoms. The minimum atomic E-state index is -1.19. The average molecular weight is 254 g/mol. The van der Waals surface area contributed by atoms with Crippen molar-refractivity contribution in [3.05, 3.63) is 35.1 Å². The van der Waals surface area contributed by atoms with Gasteiger partial charge in [-0.05, 0) is 18.4 Å². The van der Waals surface area contributed by atoms with E-state index in [0.29, 0.717) is 12.5 Å². The molecule has 0 aliphatic rings. The Kier molecular flexibility index (Phi) is 5.83. The van der Waals surface area contributed by atoms with Gasteiger partial charge in [-0.25, -0.2) is 13.2 Å². The number of hydrogen-bond donors (Lipinski definition) is 1. The fourth-order valence-corrected chi connectivity index (χ4v) is 1.46. The van der Waals surface area contributed by atoms with Gasteiger partial charge in [0.1, 0.15) is 5.82 Å². The van der Waals surface area contributed by atoms with Crippen molar-refractivity contribution in [3.8, 4) is 0 Å².